The van der Waals surface area contributed by atoms with Crippen LogP contribution in [0.5, 0.6) is 5.88 Å². The molecule has 1 heterocycles. The van der Waals surface area contributed by atoms with Gasteiger partial charge in [0.15, 0.2) is 0 Å². The van der Waals surface area contributed by atoms with E-state index < -0.39 is 6.04 Å². The second-order valence-electron chi connectivity index (χ2n) is 7.05. The van der Waals surface area contributed by atoms with Gasteiger partial charge in [-0.1, -0.05) is 42.5 Å². The standard InChI is InChI=1S/C24H28N4O3/c1-5-31-23(29)17(3)25-15-19-14-22(30-4)28-24(26-19)27-21-13-9-12-20(16(21)2)18-10-7-6-8-11-18/h6-14,17,25H,5,15H2,1-4H3,(H,26,27,28). The quantitative estimate of drug-likeness (QED) is 0.501. The Bertz CT molecular complexity index is 1020. The van der Waals surface area contributed by atoms with Gasteiger partial charge in [0.05, 0.1) is 19.4 Å². The minimum atomic E-state index is -0.442. The fourth-order valence-electron chi connectivity index (χ4n) is 3.15. The molecular formula is C24H28N4O3. The summed E-state index contributed by atoms with van der Waals surface area (Å²) in [5, 5.41) is 6.43. The highest BCUT2D eigenvalue weighted by Crippen LogP contribution is 2.30. The number of nitrogens with one attached hydrogen (secondary N) is 2. The second-order valence-corrected chi connectivity index (χ2v) is 7.05. The molecule has 7 nitrogen and oxygen atoms in total. The first-order valence-corrected chi connectivity index (χ1v) is 10.3. The number of esters is 1. The lowest BCUT2D eigenvalue weighted by Crippen LogP contribution is -2.35. The fraction of sp³-hybridized carbons (Fsp3) is 0.292. The van der Waals surface area contributed by atoms with Crippen molar-refractivity contribution in [2.24, 2.45) is 0 Å². The van der Waals surface area contributed by atoms with Crippen LogP contribution >= 0.6 is 0 Å². The van der Waals surface area contributed by atoms with Gasteiger partial charge in [-0.05, 0) is 43.5 Å². The minimum Gasteiger partial charge on any atom is -0.481 e. The third-order valence-corrected chi connectivity index (χ3v) is 4.86. The Morgan fingerprint density at radius 2 is 1.87 bits per heavy atom. The van der Waals surface area contributed by atoms with Gasteiger partial charge in [-0.25, -0.2) is 4.98 Å². The Hall–Kier alpha value is -3.45. The molecule has 0 bridgehead atoms. The van der Waals surface area contributed by atoms with Gasteiger partial charge in [-0.3, -0.25) is 10.1 Å². The molecule has 0 spiro atoms. The lowest BCUT2D eigenvalue weighted by Gasteiger charge is -2.15. The molecule has 2 N–H and O–H groups in total. The Balaban J connectivity index is 1.80. The highest BCUT2D eigenvalue weighted by molar-refractivity contribution is 5.75. The van der Waals surface area contributed by atoms with Crippen LogP contribution in [0.15, 0.2) is 54.6 Å². The average Bonchev–Trinajstić information content (AvgIpc) is 2.79. The number of methoxy groups -OCH3 is 1. The van der Waals surface area contributed by atoms with Crippen LogP contribution in [0.4, 0.5) is 11.6 Å². The van der Waals surface area contributed by atoms with Crippen LogP contribution < -0.4 is 15.4 Å². The Morgan fingerprint density at radius 1 is 1.10 bits per heavy atom. The number of rotatable bonds is 9. The third-order valence-electron chi connectivity index (χ3n) is 4.86. The van der Waals surface area contributed by atoms with Crippen molar-refractivity contribution < 1.29 is 14.3 Å². The largest absolute Gasteiger partial charge is 0.481 e. The van der Waals surface area contributed by atoms with Crippen molar-refractivity contribution in [3.8, 4) is 17.0 Å². The van der Waals surface area contributed by atoms with Crippen molar-refractivity contribution in [2.75, 3.05) is 19.0 Å². The summed E-state index contributed by atoms with van der Waals surface area (Å²) in [6.45, 7) is 6.33. The Kier molecular flexibility index (Phi) is 7.56. The van der Waals surface area contributed by atoms with Crippen LogP contribution in [-0.2, 0) is 16.1 Å². The number of aromatic nitrogens is 2. The van der Waals surface area contributed by atoms with E-state index in [4.69, 9.17) is 9.47 Å². The van der Waals surface area contributed by atoms with E-state index >= 15 is 0 Å². The fourth-order valence-corrected chi connectivity index (χ4v) is 3.15. The molecule has 2 aromatic carbocycles. The highest BCUT2D eigenvalue weighted by atomic mass is 16.5. The first-order valence-electron chi connectivity index (χ1n) is 10.3. The molecule has 0 aliphatic carbocycles. The van der Waals surface area contributed by atoms with E-state index in [1.54, 1.807) is 27.0 Å². The maximum atomic E-state index is 11.8. The summed E-state index contributed by atoms with van der Waals surface area (Å²) in [6.07, 6.45) is 0. The summed E-state index contributed by atoms with van der Waals surface area (Å²) in [7, 11) is 1.56. The molecule has 1 unspecified atom stereocenters. The van der Waals surface area contributed by atoms with Gasteiger partial charge < -0.3 is 14.8 Å². The van der Waals surface area contributed by atoms with Gasteiger partial charge in [-0.2, -0.15) is 4.98 Å². The summed E-state index contributed by atoms with van der Waals surface area (Å²) in [5.74, 6) is 0.568. The third kappa shape index (κ3) is 5.79. The van der Waals surface area contributed by atoms with E-state index in [1.807, 2.05) is 30.3 Å². The smallest absolute Gasteiger partial charge is 0.322 e. The van der Waals surface area contributed by atoms with Crippen molar-refractivity contribution in [3.63, 3.8) is 0 Å². The van der Waals surface area contributed by atoms with E-state index in [9.17, 15) is 4.79 Å². The topological polar surface area (TPSA) is 85.4 Å². The van der Waals surface area contributed by atoms with E-state index in [2.05, 4.69) is 45.7 Å². The molecule has 162 valence electrons. The van der Waals surface area contributed by atoms with Crippen molar-refractivity contribution in [2.45, 2.75) is 33.4 Å². The molecule has 3 aromatic rings. The number of nitrogens with zero attached hydrogens (tertiary/aromatic N) is 2. The highest BCUT2D eigenvalue weighted by Gasteiger charge is 2.15. The molecule has 0 saturated carbocycles. The zero-order chi connectivity index (χ0) is 22.2. The van der Waals surface area contributed by atoms with Gasteiger partial charge in [0.25, 0.3) is 0 Å². The number of carbonyl (C=O) groups is 1. The van der Waals surface area contributed by atoms with Crippen LogP contribution in [0, 0.1) is 6.92 Å². The first kappa shape index (κ1) is 22.2. The van der Waals surface area contributed by atoms with Gasteiger partial charge in [-0.15, -0.1) is 0 Å². The summed E-state index contributed by atoms with van der Waals surface area (Å²) < 4.78 is 10.4. The minimum absolute atomic E-state index is 0.296. The predicted molar refractivity (Wildman–Crippen MR) is 121 cm³/mol. The summed E-state index contributed by atoms with van der Waals surface area (Å²) in [4.78, 5) is 20.8. The molecule has 0 radical (unpaired) electrons. The van der Waals surface area contributed by atoms with Crippen molar-refractivity contribution >= 4 is 17.6 Å². The van der Waals surface area contributed by atoms with Crippen LogP contribution in [0.2, 0.25) is 0 Å². The number of anilines is 2. The number of hydrogen-bond donors (Lipinski definition) is 2. The van der Waals surface area contributed by atoms with E-state index in [0.717, 1.165) is 22.4 Å². The predicted octanol–water partition coefficient (Wildman–Crippen LogP) is 4.25. The molecule has 1 atom stereocenters. The molecule has 0 aliphatic heterocycles. The van der Waals surface area contributed by atoms with Gasteiger partial charge in [0.2, 0.25) is 11.8 Å². The van der Waals surface area contributed by atoms with Crippen LogP contribution in [0.25, 0.3) is 11.1 Å². The number of benzene rings is 2. The van der Waals surface area contributed by atoms with Crippen molar-refractivity contribution in [3.05, 3.63) is 65.9 Å². The molecule has 31 heavy (non-hydrogen) atoms. The number of ether oxygens (including phenoxy) is 2. The van der Waals surface area contributed by atoms with E-state index in [-0.39, 0.29) is 5.97 Å². The van der Waals surface area contributed by atoms with E-state index in [0.29, 0.717) is 30.7 Å². The molecule has 0 fully saturated rings. The lowest BCUT2D eigenvalue weighted by atomic mass is 9.99. The summed E-state index contributed by atoms with van der Waals surface area (Å²) >= 11 is 0. The Labute approximate surface area is 182 Å². The van der Waals surface area contributed by atoms with Gasteiger partial charge in [0.1, 0.15) is 6.04 Å². The second kappa shape index (κ2) is 10.5. The summed E-state index contributed by atoms with van der Waals surface area (Å²) in [6, 6.07) is 17.6. The molecule has 0 amide bonds. The Morgan fingerprint density at radius 3 is 2.58 bits per heavy atom. The number of carbonyl (C=O) groups excluding carboxylic acids is 1. The number of hydrogen-bond acceptors (Lipinski definition) is 7. The zero-order valence-corrected chi connectivity index (χ0v) is 18.3. The van der Waals surface area contributed by atoms with Gasteiger partial charge >= 0.3 is 5.97 Å². The molecule has 1 aromatic heterocycles. The maximum Gasteiger partial charge on any atom is 0.322 e. The van der Waals surface area contributed by atoms with Gasteiger partial charge in [0, 0.05) is 18.3 Å². The molecular weight excluding hydrogens is 392 g/mol. The molecule has 0 saturated heterocycles. The summed E-state index contributed by atoms with van der Waals surface area (Å²) in [5.41, 5.74) is 4.98. The molecule has 7 heteroatoms. The van der Waals surface area contributed by atoms with Crippen LogP contribution in [-0.4, -0.2) is 35.7 Å². The zero-order valence-electron chi connectivity index (χ0n) is 18.3. The van der Waals surface area contributed by atoms with E-state index in [1.165, 1.54) is 0 Å². The SMILES string of the molecule is CCOC(=O)C(C)NCc1cc(OC)nc(Nc2cccc(-c3ccccc3)c2C)n1. The lowest BCUT2D eigenvalue weighted by molar-refractivity contribution is -0.145. The molecule has 3 rings (SSSR count). The monoisotopic (exact) mass is 420 g/mol. The maximum absolute atomic E-state index is 11.8. The first-order chi connectivity index (χ1) is 15.0. The van der Waals surface area contributed by atoms with Crippen LogP contribution in [0.1, 0.15) is 25.1 Å². The normalized spacial score (nSPS) is 11.6. The average molecular weight is 421 g/mol. The van der Waals surface area contributed by atoms with Crippen molar-refractivity contribution in [1.82, 2.24) is 15.3 Å². The van der Waals surface area contributed by atoms with Crippen molar-refractivity contribution in [1.29, 1.82) is 0 Å². The molecule has 0 aliphatic rings. The van der Waals surface area contributed by atoms with Crippen LogP contribution in [0.3, 0.4) is 0 Å².